The van der Waals surface area contributed by atoms with Gasteiger partial charge in [-0.3, -0.25) is 9.59 Å². The van der Waals surface area contributed by atoms with E-state index in [1.165, 1.54) is 16.2 Å². The number of aromatic nitrogens is 2. The highest BCUT2D eigenvalue weighted by Gasteiger charge is 2.17. The second-order valence-corrected chi connectivity index (χ2v) is 7.50. The van der Waals surface area contributed by atoms with Crippen LogP contribution in [0.5, 0.6) is 0 Å². The number of thiophene rings is 1. The summed E-state index contributed by atoms with van der Waals surface area (Å²) in [6, 6.07) is 6.79. The van der Waals surface area contributed by atoms with Crippen LogP contribution in [0.3, 0.4) is 0 Å². The molecular formula is C18H16Cl2N4O3S. The maximum atomic E-state index is 12.3. The van der Waals surface area contributed by atoms with E-state index >= 15 is 0 Å². The minimum absolute atomic E-state index is 0.135. The van der Waals surface area contributed by atoms with Gasteiger partial charge in [0.15, 0.2) is 0 Å². The maximum absolute atomic E-state index is 12.3. The molecule has 0 aliphatic heterocycles. The summed E-state index contributed by atoms with van der Waals surface area (Å²) in [5, 5.41) is 15.0. The molecule has 2 amide bonds. The number of amides is 2. The standard InChI is InChI=1S/C18H16Cl2N4O3S/c1-24(9-14(25)21-17-12(19)3-2-4-13(17)20)16(26)6-5-15-22-23-18(27-15)11-7-8-28-10-11/h2-4,7-8,10H,5-6,9H2,1H3,(H,21,25). The van der Waals surface area contributed by atoms with E-state index in [1.807, 2.05) is 16.8 Å². The molecule has 0 aliphatic rings. The maximum Gasteiger partial charge on any atom is 0.248 e. The van der Waals surface area contributed by atoms with E-state index in [-0.39, 0.29) is 25.3 Å². The molecule has 7 nitrogen and oxygen atoms in total. The number of nitrogens with zero attached hydrogens (tertiary/aromatic N) is 3. The van der Waals surface area contributed by atoms with Gasteiger partial charge in [0.25, 0.3) is 0 Å². The monoisotopic (exact) mass is 438 g/mol. The molecule has 0 unspecified atom stereocenters. The van der Waals surface area contributed by atoms with Crippen LogP contribution in [0.15, 0.2) is 39.4 Å². The molecule has 3 aromatic rings. The second-order valence-electron chi connectivity index (χ2n) is 5.91. The van der Waals surface area contributed by atoms with Crippen LogP contribution in [-0.4, -0.2) is 40.5 Å². The first kappa shape index (κ1) is 20.3. The van der Waals surface area contributed by atoms with Crippen LogP contribution >= 0.6 is 34.5 Å². The second kappa shape index (κ2) is 9.18. The van der Waals surface area contributed by atoms with E-state index in [2.05, 4.69) is 15.5 Å². The third-order valence-corrected chi connectivity index (χ3v) is 5.13. The van der Waals surface area contributed by atoms with Crippen molar-refractivity contribution in [2.75, 3.05) is 18.9 Å². The van der Waals surface area contributed by atoms with Crippen LogP contribution in [0.4, 0.5) is 5.69 Å². The number of nitrogens with one attached hydrogen (secondary N) is 1. The number of halogens is 2. The van der Waals surface area contributed by atoms with Gasteiger partial charge in [0.1, 0.15) is 0 Å². The van der Waals surface area contributed by atoms with Crippen LogP contribution in [0, 0.1) is 0 Å². The number of hydrogen-bond donors (Lipinski definition) is 1. The summed E-state index contributed by atoms with van der Waals surface area (Å²) in [6.07, 6.45) is 0.431. The SMILES string of the molecule is CN(CC(=O)Nc1c(Cl)cccc1Cl)C(=O)CCc1nnc(-c2ccsc2)o1. The minimum atomic E-state index is -0.400. The van der Waals surface area contributed by atoms with Crippen molar-refractivity contribution in [3.05, 3.63) is 51.0 Å². The summed E-state index contributed by atoms with van der Waals surface area (Å²) < 4.78 is 5.55. The molecule has 0 fully saturated rings. The van der Waals surface area contributed by atoms with Gasteiger partial charge in [-0.2, -0.15) is 11.3 Å². The van der Waals surface area contributed by atoms with E-state index in [9.17, 15) is 9.59 Å². The highest BCUT2D eigenvalue weighted by Crippen LogP contribution is 2.29. The molecule has 1 aromatic carbocycles. The van der Waals surface area contributed by atoms with Crippen LogP contribution in [0.1, 0.15) is 12.3 Å². The molecule has 0 saturated carbocycles. The Morgan fingerprint density at radius 2 is 1.96 bits per heavy atom. The molecule has 2 aromatic heterocycles. The lowest BCUT2D eigenvalue weighted by molar-refractivity contribution is -0.133. The van der Waals surface area contributed by atoms with E-state index in [0.29, 0.717) is 27.5 Å². The molecule has 0 aliphatic carbocycles. The van der Waals surface area contributed by atoms with E-state index in [1.54, 1.807) is 25.2 Å². The van der Waals surface area contributed by atoms with Crippen molar-refractivity contribution in [2.24, 2.45) is 0 Å². The molecule has 10 heteroatoms. The molecule has 3 rings (SSSR count). The van der Waals surface area contributed by atoms with Crippen molar-refractivity contribution in [2.45, 2.75) is 12.8 Å². The normalized spacial score (nSPS) is 10.7. The molecule has 146 valence electrons. The predicted molar refractivity (Wildman–Crippen MR) is 109 cm³/mol. The number of benzene rings is 1. The fraction of sp³-hybridized carbons (Fsp3) is 0.222. The first-order valence-corrected chi connectivity index (χ1v) is 9.96. The van der Waals surface area contributed by atoms with Crippen LogP contribution in [0.2, 0.25) is 10.0 Å². The Hall–Kier alpha value is -2.42. The largest absolute Gasteiger partial charge is 0.421 e. The molecule has 0 radical (unpaired) electrons. The third kappa shape index (κ3) is 5.09. The quantitative estimate of drug-likeness (QED) is 0.598. The van der Waals surface area contributed by atoms with Crippen molar-refractivity contribution in [1.82, 2.24) is 15.1 Å². The summed E-state index contributed by atoms with van der Waals surface area (Å²) in [7, 11) is 1.54. The number of rotatable bonds is 7. The lowest BCUT2D eigenvalue weighted by Crippen LogP contribution is -2.35. The van der Waals surface area contributed by atoms with Crippen molar-refractivity contribution >= 4 is 52.0 Å². The Morgan fingerprint density at radius 1 is 1.21 bits per heavy atom. The van der Waals surface area contributed by atoms with Gasteiger partial charge in [0.2, 0.25) is 23.6 Å². The Labute approximate surface area is 175 Å². The van der Waals surface area contributed by atoms with Gasteiger partial charge in [-0.25, -0.2) is 0 Å². The zero-order valence-corrected chi connectivity index (χ0v) is 17.1. The summed E-state index contributed by atoms with van der Waals surface area (Å²) in [5.41, 5.74) is 1.17. The smallest absolute Gasteiger partial charge is 0.248 e. The lowest BCUT2D eigenvalue weighted by Gasteiger charge is -2.17. The Kier molecular flexibility index (Phi) is 6.66. The fourth-order valence-corrected chi connectivity index (χ4v) is 3.48. The number of anilines is 1. The van der Waals surface area contributed by atoms with E-state index in [0.717, 1.165) is 5.56 Å². The highest BCUT2D eigenvalue weighted by atomic mass is 35.5. The van der Waals surface area contributed by atoms with Gasteiger partial charge in [-0.1, -0.05) is 29.3 Å². The number of para-hydroxylation sites is 1. The van der Waals surface area contributed by atoms with Gasteiger partial charge in [-0.05, 0) is 23.6 Å². The Morgan fingerprint density at radius 3 is 2.64 bits per heavy atom. The van der Waals surface area contributed by atoms with Gasteiger partial charge >= 0.3 is 0 Å². The summed E-state index contributed by atoms with van der Waals surface area (Å²) in [4.78, 5) is 25.8. The zero-order valence-electron chi connectivity index (χ0n) is 14.8. The zero-order chi connectivity index (χ0) is 20.1. The first-order valence-electron chi connectivity index (χ1n) is 8.27. The molecule has 0 atom stereocenters. The number of aryl methyl sites for hydroxylation is 1. The topological polar surface area (TPSA) is 88.3 Å². The average Bonchev–Trinajstić information content (AvgIpc) is 3.34. The van der Waals surface area contributed by atoms with Crippen molar-refractivity contribution in [3.8, 4) is 11.5 Å². The third-order valence-electron chi connectivity index (χ3n) is 3.82. The minimum Gasteiger partial charge on any atom is -0.421 e. The average molecular weight is 439 g/mol. The summed E-state index contributed by atoms with van der Waals surface area (Å²) >= 11 is 13.6. The van der Waals surface area contributed by atoms with Crippen molar-refractivity contribution < 1.29 is 14.0 Å². The van der Waals surface area contributed by atoms with Crippen LogP contribution in [0.25, 0.3) is 11.5 Å². The first-order chi connectivity index (χ1) is 13.4. The summed E-state index contributed by atoms with van der Waals surface area (Å²) in [6.45, 7) is -0.135. The number of carbonyl (C=O) groups excluding carboxylic acids is 2. The molecule has 2 heterocycles. The molecule has 28 heavy (non-hydrogen) atoms. The number of likely N-dealkylation sites (N-methyl/N-ethyl adjacent to an activating group) is 1. The summed E-state index contributed by atoms with van der Waals surface area (Å²) in [5.74, 6) is 0.169. The van der Waals surface area contributed by atoms with Gasteiger partial charge in [0.05, 0.1) is 22.3 Å². The molecular weight excluding hydrogens is 423 g/mol. The predicted octanol–water partition coefficient (Wildman–Crippen LogP) is 4.13. The molecule has 0 bridgehead atoms. The highest BCUT2D eigenvalue weighted by molar-refractivity contribution is 7.08. The number of carbonyl (C=O) groups is 2. The van der Waals surface area contributed by atoms with E-state index < -0.39 is 5.91 Å². The molecule has 1 N–H and O–H groups in total. The van der Waals surface area contributed by atoms with Crippen molar-refractivity contribution in [1.29, 1.82) is 0 Å². The van der Waals surface area contributed by atoms with Gasteiger partial charge < -0.3 is 14.6 Å². The Balaban J connectivity index is 1.50. The van der Waals surface area contributed by atoms with Gasteiger partial charge in [0, 0.05) is 30.8 Å². The van der Waals surface area contributed by atoms with Crippen molar-refractivity contribution in [3.63, 3.8) is 0 Å². The van der Waals surface area contributed by atoms with Crippen LogP contribution in [-0.2, 0) is 16.0 Å². The number of hydrogen-bond acceptors (Lipinski definition) is 6. The lowest BCUT2D eigenvalue weighted by atomic mass is 10.2. The Bertz CT molecular complexity index is 955. The molecule has 0 saturated heterocycles. The van der Waals surface area contributed by atoms with Crippen LogP contribution < -0.4 is 5.32 Å². The van der Waals surface area contributed by atoms with Gasteiger partial charge in [-0.15, -0.1) is 10.2 Å². The van der Waals surface area contributed by atoms with E-state index in [4.69, 9.17) is 27.6 Å². The molecule has 0 spiro atoms. The fourth-order valence-electron chi connectivity index (χ4n) is 2.36.